The molecule has 2 nitrogen and oxygen atoms in total. The van der Waals surface area contributed by atoms with Crippen molar-refractivity contribution < 1.29 is 4.74 Å². The van der Waals surface area contributed by atoms with Gasteiger partial charge in [0.05, 0.1) is 5.60 Å². The molecule has 0 saturated heterocycles. The summed E-state index contributed by atoms with van der Waals surface area (Å²) in [6.45, 7) is 7.70. The normalized spacial score (nSPS) is 24.0. The maximum Gasteiger partial charge on any atom is 0.0803 e. The lowest BCUT2D eigenvalue weighted by Crippen LogP contribution is -2.53. The third-order valence-corrected chi connectivity index (χ3v) is 4.12. The van der Waals surface area contributed by atoms with Gasteiger partial charge in [-0.05, 0) is 38.6 Å². The first-order valence-electron chi connectivity index (χ1n) is 6.46. The summed E-state index contributed by atoms with van der Waals surface area (Å²) in [4.78, 5) is 0. The standard InChI is InChI=1S/C13H27NO/c1-5-13(3,15-4)12(14-6-2)11-9-7-8-10-11/h11-12,14H,5-10H2,1-4H3. The summed E-state index contributed by atoms with van der Waals surface area (Å²) in [5.74, 6) is 0.815. The minimum atomic E-state index is 0.00498. The van der Waals surface area contributed by atoms with E-state index < -0.39 is 0 Å². The van der Waals surface area contributed by atoms with E-state index in [1.165, 1.54) is 25.7 Å². The molecule has 2 atom stereocenters. The monoisotopic (exact) mass is 213 g/mol. The van der Waals surface area contributed by atoms with Crippen LogP contribution in [0.2, 0.25) is 0 Å². The van der Waals surface area contributed by atoms with E-state index in [1.807, 2.05) is 7.11 Å². The molecule has 0 aromatic rings. The molecule has 0 aliphatic heterocycles. The maximum atomic E-state index is 5.75. The summed E-state index contributed by atoms with van der Waals surface area (Å²) in [7, 11) is 1.85. The Hall–Kier alpha value is -0.0800. The molecule has 1 saturated carbocycles. The van der Waals surface area contributed by atoms with Gasteiger partial charge in [0.1, 0.15) is 0 Å². The van der Waals surface area contributed by atoms with Gasteiger partial charge < -0.3 is 10.1 Å². The summed E-state index contributed by atoms with van der Waals surface area (Å²) >= 11 is 0. The Bertz CT molecular complexity index is 171. The summed E-state index contributed by atoms with van der Waals surface area (Å²) in [6, 6.07) is 0.528. The number of nitrogens with one attached hydrogen (secondary N) is 1. The molecule has 1 rings (SSSR count). The summed E-state index contributed by atoms with van der Waals surface area (Å²) in [6.07, 6.45) is 6.62. The number of hydrogen-bond donors (Lipinski definition) is 1. The molecule has 0 spiro atoms. The molecule has 0 aromatic carbocycles. The van der Waals surface area contributed by atoms with Crippen molar-refractivity contribution in [2.24, 2.45) is 5.92 Å². The molecule has 1 N–H and O–H groups in total. The second-order valence-corrected chi connectivity index (χ2v) is 4.95. The van der Waals surface area contributed by atoms with Gasteiger partial charge in [-0.1, -0.05) is 26.7 Å². The van der Waals surface area contributed by atoms with Crippen molar-refractivity contribution in [2.45, 2.75) is 64.5 Å². The van der Waals surface area contributed by atoms with Crippen LogP contribution >= 0.6 is 0 Å². The first-order chi connectivity index (χ1) is 7.18. The van der Waals surface area contributed by atoms with Crippen LogP contribution in [0.3, 0.4) is 0 Å². The second kappa shape index (κ2) is 5.86. The van der Waals surface area contributed by atoms with E-state index in [0.717, 1.165) is 18.9 Å². The van der Waals surface area contributed by atoms with Crippen LogP contribution in [0.1, 0.15) is 52.9 Å². The van der Waals surface area contributed by atoms with Gasteiger partial charge in [0.15, 0.2) is 0 Å². The molecule has 0 heterocycles. The van der Waals surface area contributed by atoms with Gasteiger partial charge in [0.25, 0.3) is 0 Å². The fourth-order valence-corrected chi connectivity index (χ4v) is 2.88. The molecular weight excluding hydrogens is 186 g/mol. The van der Waals surface area contributed by atoms with Crippen LogP contribution in [-0.4, -0.2) is 25.3 Å². The van der Waals surface area contributed by atoms with Gasteiger partial charge in [-0.15, -0.1) is 0 Å². The Kier molecular flexibility index (Phi) is 5.07. The third-order valence-electron chi connectivity index (χ3n) is 4.12. The average molecular weight is 213 g/mol. The van der Waals surface area contributed by atoms with Crippen molar-refractivity contribution in [3.05, 3.63) is 0 Å². The lowest BCUT2D eigenvalue weighted by molar-refractivity contribution is -0.0443. The van der Waals surface area contributed by atoms with Crippen LogP contribution in [0.25, 0.3) is 0 Å². The molecule has 1 fully saturated rings. The molecular formula is C13H27NO. The zero-order valence-electron chi connectivity index (χ0n) is 10.8. The molecule has 0 amide bonds. The van der Waals surface area contributed by atoms with Crippen molar-refractivity contribution >= 4 is 0 Å². The van der Waals surface area contributed by atoms with E-state index in [4.69, 9.17) is 4.74 Å². The van der Waals surface area contributed by atoms with E-state index in [1.54, 1.807) is 0 Å². The number of rotatable bonds is 6. The van der Waals surface area contributed by atoms with Crippen molar-refractivity contribution in [2.75, 3.05) is 13.7 Å². The summed E-state index contributed by atoms with van der Waals surface area (Å²) in [5, 5.41) is 3.64. The number of likely N-dealkylation sites (N-methyl/N-ethyl adjacent to an activating group) is 1. The second-order valence-electron chi connectivity index (χ2n) is 4.95. The Morgan fingerprint density at radius 1 is 1.33 bits per heavy atom. The lowest BCUT2D eigenvalue weighted by Gasteiger charge is -2.40. The highest BCUT2D eigenvalue weighted by molar-refractivity contribution is 4.94. The fraction of sp³-hybridized carbons (Fsp3) is 1.00. The zero-order chi connectivity index (χ0) is 11.3. The first-order valence-corrected chi connectivity index (χ1v) is 6.46. The third kappa shape index (κ3) is 2.94. The van der Waals surface area contributed by atoms with Gasteiger partial charge in [-0.3, -0.25) is 0 Å². The lowest BCUT2D eigenvalue weighted by atomic mass is 9.82. The van der Waals surface area contributed by atoms with Crippen molar-refractivity contribution in [1.29, 1.82) is 0 Å². The van der Waals surface area contributed by atoms with Gasteiger partial charge in [-0.2, -0.15) is 0 Å². The molecule has 0 bridgehead atoms. The largest absolute Gasteiger partial charge is 0.377 e. The molecule has 1 aliphatic rings. The predicted octanol–water partition coefficient (Wildman–Crippen LogP) is 2.97. The summed E-state index contributed by atoms with van der Waals surface area (Å²) in [5.41, 5.74) is 0.00498. The minimum absolute atomic E-state index is 0.00498. The van der Waals surface area contributed by atoms with E-state index in [2.05, 4.69) is 26.1 Å². The fourth-order valence-electron chi connectivity index (χ4n) is 2.88. The Morgan fingerprint density at radius 3 is 2.33 bits per heavy atom. The average Bonchev–Trinajstić information content (AvgIpc) is 2.78. The number of methoxy groups -OCH3 is 1. The van der Waals surface area contributed by atoms with Gasteiger partial charge in [0, 0.05) is 13.2 Å². The van der Waals surface area contributed by atoms with Crippen LogP contribution in [-0.2, 0) is 4.74 Å². The Morgan fingerprint density at radius 2 is 1.93 bits per heavy atom. The van der Waals surface area contributed by atoms with E-state index >= 15 is 0 Å². The molecule has 15 heavy (non-hydrogen) atoms. The summed E-state index contributed by atoms with van der Waals surface area (Å²) < 4.78 is 5.75. The molecule has 0 radical (unpaired) electrons. The molecule has 90 valence electrons. The number of hydrogen-bond acceptors (Lipinski definition) is 2. The van der Waals surface area contributed by atoms with Crippen molar-refractivity contribution in [3.63, 3.8) is 0 Å². The molecule has 1 aliphatic carbocycles. The molecule has 0 aromatic heterocycles. The highest BCUT2D eigenvalue weighted by Gasteiger charge is 2.38. The van der Waals surface area contributed by atoms with Crippen LogP contribution in [0.4, 0.5) is 0 Å². The first kappa shape index (κ1) is 13.0. The van der Waals surface area contributed by atoms with Crippen LogP contribution in [0.5, 0.6) is 0 Å². The smallest absolute Gasteiger partial charge is 0.0803 e. The number of ether oxygens (including phenoxy) is 1. The van der Waals surface area contributed by atoms with Gasteiger partial charge >= 0.3 is 0 Å². The topological polar surface area (TPSA) is 21.3 Å². The Balaban J connectivity index is 2.69. The SMILES string of the molecule is CCNC(C1CCCC1)C(C)(CC)OC. The van der Waals surface area contributed by atoms with Gasteiger partial charge in [-0.25, -0.2) is 0 Å². The Labute approximate surface area is 94.8 Å². The van der Waals surface area contributed by atoms with Crippen LogP contribution < -0.4 is 5.32 Å². The highest BCUT2D eigenvalue weighted by atomic mass is 16.5. The quantitative estimate of drug-likeness (QED) is 0.732. The van der Waals surface area contributed by atoms with Crippen molar-refractivity contribution in [3.8, 4) is 0 Å². The van der Waals surface area contributed by atoms with Gasteiger partial charge in [0.2, 0.25) is 0 Å². The highest BCUT2D eigenvalue weighted by Crippen LogP contribution is 2.34. The van der Waals surface area contributed by atoms with E-state index in [0.29, 0.717) is 6.04 Å². The van der Waals surface area contributed by atoms with Crippen molar-refractivity contribution in [1.82, 2.24) is 5.32 Å². The predicted molar refractivity (Wildman–Crippen MR) is 65.1 cm³/mol. The van der Waals surface area contributed by atoms with E-state index in [9.17, 15) is 0 Å². The minimum Gasteiger partial charge on any atom is -0.377 e. The zero-order valence-corrected chi connectivity index (χ0v) is 10.8. The molecule has 2 unspecified atom stereocenters. The maximum absolute atomic E-state index is 5.75. The van der Waals surface area contributed by atoms with Crippen LogP contribution in [0, 0.1) is 5.92 Å². The molecule has 2 heteroatoms. The van der Waals surface area contributed by atoms with Crippen LogP contribution in [0.15, 0.2) is 0 Å². The van der Waals surface area contributed by atoms with E-state index in [-0.39, 0.29) is 5.60 Å².